The number of rotatable bonds is 5. The van der Waals surface area contributed by atoms with Crippen LogP contribution in [0.25, 0.3) is 0 Å². The van der Waals surface area contributed by atoms with Crippen molar-refractivity contribution >= 4 is 5.91 Å². The highest BCUT2D eigenvalue weighted by molar-refractivity contribution is 5.77. The Morgan fingerprint density at radius 2 is 1.69 bits per heavy atom. The first-order valence-corrected chi connectivity index (χ1v) is 6.07. The fourth-order valence-electron chi connectivity index (χ4n) is 1.36. The van der Waals surface area contributed by atoms with Crippen molar-refractivity contribution in [1.82, 2.24) is 4.90 Å². The molecule has 0 spiro atoms. The third-order valence-corrected chi connectivity index (χ3v) is 2.13. The molecule has 0 aromatic rings. The van der Waals surface area contributed by atoms with Gasteiger partial charge in [0.1, 0.15) is 6.61 Å². The molecule has 0 aliphatic rings. The lowest BCUT2D eigenvalue weighted by Crippen LogP contribution is -2.42. The number of hydrogen-bond acceptors (Lipinski definition) is 2. The van der Waals surface area contributed by atoms with Gasteiger partial charge in [-0.25, -0.2) is 0 Å². The quantitative estimate of drug-likeness (QED) is 0.725. The monoisotopic (exact) mass is 229 g/mol. The molecule has 0 rings (SSSR count). The molecule has 0 aromatic heterocycles. The summed E-state index contributed by atoms with van der Waals surface area (Å²) in [7, 11) is 0. The lowest BCUT2D eigenvalue weighted by atomic mass is 10.1. The van der Waals surface area contributed by atoms with Gasteiger partial charge < -0.3 is 9.64 Å². The van der Waals surface area contributed by atoms with Crippen molar-refractivity contribution in [3.05, 3.63) is 0 Å². The minimum absolute atomic E-state index is 0.0821. The van der Waals surface area contributed by atoms with E-state index in [1.54, 1.807) is 0 Å². The minimum atomic E-state index is -0.254. The van der Waals surface area contributed by atoms with Gasteiger partial charge in [0.2, 0.25) is 5.91 Å². The highest BCUT2D eigenvalue weighted by atomic mass is 16.5. The molecule has 96 valence electrons. The lowest BCUT2D eigenvalue weighted by molar-refractivity contribution is -0.143. The van der Waals surface area contributed by atoms with E-state index in [1.807, 2.05) is 39.5 Å². The summed E-state index contributed by atoms with van der Waals surface area (Å²) in [6.45, 7) is 15.2. The van der Waals surface area contributed by atoms with Crippen molar-refractivity contribution in [3.8, 4) is 0 Å². The van der Waals surface area contributed by atoms with E-state index in [0.717, 1.165) is 6.54 Å². The Morgan fingerprint density at radius 3 is 2.00 bits per heavy atom. The van der Waals surface area contributed by atoms with Gasteiger partial charge in [0.25, 0.3) is 0 Å². The smallest absolute Gasteiger partial charge is 0.248 e. The summed E-state index contributed by atoms with van der Waals surface area (Å²) in [5.41, 5.74) is -0.254. The Balaban J connectivity index is 4.29. The summed E-state index contributed by atoms with van der Waals surface area (Å²) in [5.74, 6) is 0.569. The van der Waals surface area contributed by atoms with Gasteiger partial charge >= 0.3 is 0 Å². The predicted octanol–water partition coefficient (Wildman–Crippen LogP) is 2.69. The maximum atomic E-state index is 12.0. The van der Waals surface area contributed by atoms with Crippen molar-refractivity contribution in [3.63, 3.8) is 0 Å². The third kappa shape index (κ3) is 6.83. The van der Waals surface area contributed by atoms with Gasteiger partial charge in [-0.3, -0.25) is 4.79 Å². The second-order valence-corrected chi connectivity index (χ2v) is 5.93. The normalized spacial score (nSPS) is 12.3. The Kier molecular flexibility index (Phi) is 6.01. The van der Waals surface area contributed by atoms with E-state index in [-0.39, 0.29) is 24.2 Å². The van der Waals surface area contributed by atoms with E-state index in [4.69, 9.17) is 4.74 Å². The average molecular weight is 229 g/mol. The minimum Gasteiger partial charge on any atom is -0.366 e. The van der Waals surface area contributed by atoms with E-state index in [0.29, 0.717) is 5.92 Å². The highest BCUT2D eigenvalue weighted by Crippen LogP contribution is 2.09. The second-order valence-electron chi connectivity index (χ2n) is 5.93. The van der Waals surface area contributed by atoms with Crippen molar-refractivity contribution in [2.24, 2.45) is 5.92 Å². The van der Waals surface area contributed by atoms with Crippen LogP contribution in [0, 0.1) is 5.92 Å². The van der Waals surface area contributed by atoms with Crippen LogP contribution in [0.15, 0.2) is 0 Å². The molecule has 0 atom stereocenters. The van der Waals surface area contributed by atoms with Gasteiger partial charge in [0, 0.05) is 12.6 Å². The van der Waals surface area contributed by atoms with Gasteiger partial charge in [-0.05, 0) is 40.5 Å². The van der Waals surface area contributed by atoms with Gasteiger partial charge in [-0.1, -0.05) is 13.8 Å². The summed E-state index contributed by atoms with van der Waals surface area (Å²) in [5, 5.41) is 0. The molecule has 0 aliphatic carbocycles. The Labute approximate surface area is 100 Å². The molecule has 0 N–H and O–H groups in total. The maximum Gasteiger partial charge on any atom is 0.248 e. The van der Waals surface area contributed by atoms with Crippen LogP contribution >= 0.6 is 0 Å². The van der Waals surface area contributed by atoms with Gasteiger partial charge in [-0.15, -0.1) is 0 Å². The second kappa shape index (κ2) is 6.24. The molecular weight excluding hydrogens is 202 g/mol. The summed E-state index contributed by atoms with van der Waals surface area (Å²) in [6, 6.07) is 0.235. The molecule has 0 saturated heterocycles. The van der Waals surface area contributed by atoms with Crippen LogP contribution < -0.4 is 0 Å². The zero-order chi connectivity index (χ0) is 12.9. The molecule has 0 fully saturated rings. The first-order valence-electron chi connectivity index (χ1n) is 6.07. The number of amides is 1. The Morgan fingerprint density at radius 1 is 1.19 bits per heavy atom. The van der Waals surface area contributed by atoms with Crippen LogP contribution in [0.5, 0.6) is 0 Å². The summed E-state index contributed by atoms with van der Waals surface area (Å²) in [4.78, 5) is 13.9. The number of carbonyl (C=O) groups excluding carboxylic acids is 1. The summed E-state index contributed by atoms with van der Waals surface area (Å²) < 4.78 is 5.51. The van der Waals surface area contributed by atoms with Crippen molar-refractivity contribution < 1.29 is 9.53 Å². The SMILES string of the molecule is CC(C)CN(C(=O)COC(C)(C)C)C(C)C. The Hall–Kier alpha value is -0.570. The fourth-order valence-corrected chi connectivity index (χ4v) is 1.36. The molecule has 0 saturated carbocycles. The van der Waals surface area contributed by atoms with Crippen LogP contribution in [-0.2, 0) is 9.53 Å². The molecule has 0 heterocycles. The molecule has 1 amide bonds. The standard InChI is InChI=1S/C13H27NO2/c1-10(2)8-14(11(3)4)12(15)9-16-13(5,6)7/h10-11H,8-9H2,1-7H3. The van der Waals surface area contributed by atoms with Crippen molar-refractivity contribution in [1.29, 1.82) is 0 Å². The predicted molar refractivity (Wildman–Crippen MR) is 67.4 cm³/mol. The van der Waals surface area contributed by atoms with Crippen LogP contribution in [0.3, 0.4) is 0 Å². The maximum absolute atomic E-state index is 12.0. The van der Waals surface area contributed by atoms with E-state index in [2.05, 4.69) is 13.8 Å². The molecule has 0 bridgehead atoms. The first-order chi connectivity index (χ1) is 7.13. The zero-order valence-corrected chi connectivity index (χ0v) is 11.8. The first kappa shape index (κ1) is 15.4. The van der Waals surface area contributed by atoms with Crippen LogP contribution in [0.1, 0.15) is 48.5 Å². The van der Waals surface area contributed by atoms with Gasteiger partial charge in [-0.2, -0.15) is 0 Å². The lowest BCUT2D eigenvalue weighted by Gasteiger charge is -2.30. The van der Waals surface area contributed by atoms with Crippen LogP contribution in [0.4, 0.5) is 0 Å². The molecular formula is C13H27NO2. The fraction of sp³-hybridized carbons (Fsp3) is 0.923. The Bertz CT molecular complexity index is 216. The topological polar surface area (TPSA) is 29.5 Å². The molecule has 16 heavy (non-hydrogen) atoms. The third-order valence-electron chi connectivity index (χ3n) is 2.13. The van der Waals surface area contributed by atoms with Gasteiger partial charge in [0.05, 0.1) is 5.60 Å². The van der Waals surface area contributed by atoms with Crippen LogP contribution in [-0.4, -0.2) is 35.6 Å². The number of ether oxygens (including phenoxy) is 1. The van der Waals surface area contributed by atoms with E-state index in [9.17, 15) is 4.79 Å². The number of hydrogen-bond donors (Lipinski definition) is 0. The molecule has 0 aliphatic heterocycles. The largest absolute Gasteiger partial charge is 0.366 e. The molecule has 0 radical (unpaired) electrons. The molecule has 0 unspecified atom stereocenters. The molecule has 3 heteroatoms. The summed E-state index contributed by atoms with van der Waals surface area (Å²) in [6.07, 6.45) is 0. The average Bonchev–Trinajstić information content (AvgIpc) is 2.08. The number of nitrogens with zero attached hydrogens (tertiary/aromatic N) is 1. The summed E-state index contributed by atoms with van der Waals surface area (Å²) >= 11 is 0. The van der Waals surface area contributed by atoms with Crippen LogP contribution in [0.2, 0.25) is 0 Å². The zero-order valence-electron chi connectivity index (χ0n) is 11.8. The molecule has 3 nitrogen and oxygen atoms in total. The van der Waals surface area contributed by atoms with Crippen molar-refractivity contribution in [2.75, 3.05) is 13.2 Å². The number of carbonyl (C=O) groups is 1. The van der Waals surface area contributed by atoms with Gasteiger partial charge in [0.15, 0.2) is 0 Å². The molecule has 0 aromatic carbocycles. The van der Waals surface area contributed by atoms with E-state index in [1.165, 1.54) is 0 Å². The van der Waals surface area contributed by atoms with E-state index < -0.39 is 0 Å². The van der Waals surface area contributed by atoms with E-state index >= 15 is 0 Å². The highest BCUT2D eigenvalue weighted by Gasteiger charge is 2.20. The van der Waals surface area contributed by atoms with Crippen molar-refractivity contribution in [2.45, 2.75) is 60.1 Å².